The summed E-state index contributed by atoms with van der Waals surface area (Å²) in [5, 5.41) is 2.88. The number of aryl methyl sites for hydroxylation is 1. The summed E-state index contributed by atoms with van der Waals surface area (Å²) in [5.41, 5.74) is 3.55. The van der Waals surface area contributed by atoms with Gasteiger partial charge in [-0.1, -0.05) is 24.3 Å². The van der Waals surface area contributed by atoms with Crippen LogP contribution >= 0.6 is 0 Å². The average Bonchev–Trinajstić information content (AvgIpc) is 3.12. The lowest BCUT2D eigenvalue weighted by molar-refractivity contribution is 0.0642. The molecule has 1 aromatic heterocycles. The van der Waals surface area contributed by atoms with Gasteiger partial charge in [-0.2, -0.15) is 0 Å². The molecule has 7 heteroatoms. The number of amides is 3. The molecule has 7 nitrogen and oxygen atoms in total. The van der Waals surface area contributed by atoms with Gasteiger partial charge in [0.1, 0.15) is 11.5 Å². The molecule has 0 atom stereocenters. The first-order chi connectivity index (χ1) is 17.0. The van der Waals surface area contributed by atoms with Crippen molar-refractivity contribution in [3.63, 3.8) is 0 Å². The molecule has 0 unspecified atom stereocenters. The van der Waals surface area contributed by atoms with E-state index in [1.165, 1.54) is 4.90 Å². The third kappa shape index (κ3) is 4.52. The second kappa shape index (κ2) is 9.23. The van der Waals surface area contributed by atoms with Gasteiger partial charge in [0.05, 0.1) is 23.9 Å². The van der Waals surface area contributed by atoms with Crippen LogP contribution in [0.5, 0.6) is 11.5 Å². The molecule has 4 aromatic rings. The monoisotopic (exact) mass is 463 g/mol. The quantitative estimate of drug-likeness (QED) is 0.396. The molecule has 0 aliphatic carbocycles. The van der Waals surface area contributed by atoms with Gasteiger partial charge in [0.2, 0.25) is 0 Å². The van der Waals surface area contributed by atoms with Crippen LogP contribution in [-0.4, -0.2) is 27.6 Å². The van der Waals surface area contributed by atoms with E-state index in [-0.39, 0.29) is 24.3 Å². The van der Waals surface area contributed by atoms with Crippen molar-refractivity contribution in [2.45, 2.75) is 13.5 Å². The van der Waals surface area contributed by atoms with Crippen LogP contribution in [0.4, 0.5) is 5.69 Å². The smallest absolute Gasteiger partial charge is 0.261 e. The van der Waals surface area contributed by atoms with E-state index in [0.717, 1.165) is 11.1 Å². The molecule has 2 heterocycles. The zero-order valence-corrected chi connectivity index (χ0v) is 18.9. The Bertz CT molecular complexity index is 1400. The number of fused-ring (bicyclic) bond motifs is 1. The van der Waals surface area contributed by atoms with Gasteiger partial charge in [0, 0.05) is 17.4 Å². The molecule has 1 aliphatic rings. The molecular formula is C28H21N3O4. The van der Waals surface area contributed by atoms with E-state index in [1.807, 2.05) is 19.1 Å². The summed E-state index contributed by atoms with van der Waals surface area (Å²) in [7, 11) is 0. The summed E-state index contributed by atoms with van der Waals surface area (Å²) >= 11 is 0. The molecule has 0 fully saturated rings. The van der Waals surface area contributed by atoms with Crippen LogP contribution in [0.3, 0.4) is 0 Å². The number of imide groups is 1. The summed E-state index contributed by atoms with van der Waals surface area (Å²) < 4.78 is 5.83. The Labute approximate surface area is 202 Å². The van der Waals surface area contributed by atoms with Crippen LogP contribution in [0, 0.1) is 6.92 Å². The predicted octanol–water partition coefficient (Wildman–Crippen LogP) is 5.23. The van der Waals surface area contributed by atoms with Crippen molar-refractivity contribution >= 4 is 23.4 Å². The van der Waals surface area contributed by atoms with Gasteiger partial charge in [0.15, 0.2) is 0 Å². The number of rotatable bonds is 6. The molecule has 3 amide bonds. The number of benzene rings is 3. The third-order valence-corrected chi connectivity index (χ3v) is 5.73. The van der Waals surface area contributed by atoms with Crippen molar-refractivity contribution < 1.29 is 19.1 Å². The van der Waals surface area contributed by atoms with Gasteiger partial charge in [-0.05, 0) is 72.6 Å². The number of aromatic nitrogens is 1. The van der Waals surface area contributed by atoms with Crippen LogP contribution in [0.1, 0.15) is 42.2 Å². The minimum Gasteiger partial charge on any atom is -0.455 e. The highest BCUT2D eigenvalue weighted by atomic mass is 16.5. The first-order valence-corrected chi connectivity index (χ1v) is 11.0. The van der Waals surface area contributed by atoms with E-state index in [0.29, 0.717) is 33.9 Å². The lowest BCUT2D eigenvalue weighted by atomic mass is 10.1. The fourth-order valence-electron chi connectivity index (χ4n) is 3.91. The van der Waals surface area contributed by atoms with E-state index in [9.17, 15) is 14.4 Å². The van der Waals surface area contributed by atoms with Crippen molar-refractivity contribution in [3.05, 3.63) is 119 Å². The van der Waals surface area contributed by atoms with Crippen molar-refractivity contribution in [2.24, 2.45) is 0 Å². The van der Waals surface area contributed by atoms with Gasteiger partial charge in [-0.15, -0.1) is 0 Å². The van der Waals surface area contributed by atoms with Crippen molar-refractivity contribution in [2.75, 3.05) is 5.32 Å². The molecule has 0 saturated carbocycles. The highest BCUT2D eigenvalue weighted by Crippen LogP contribution is 2.27. The summed E-state index contributed by atoms with van der Waals surface area (Å²) in [6.45, 7) is 2.04. The summed E-state index contributed by atoms with van der Waals surface area (Å²) in [6, 6.07) is 22.6. The molecule has 172 valence electrons. The summed E-state index contributed by atoms with van der Waals surface area (Å²) in [5.74, 6) is 0.428. The molecule has 0 radical (unpaired) electrons. The molecule has 5 rings (SSSR count). The zero-order chi connectivity index (χ0) is 24.4. The topological polar surface area (TPSA) is 88.6 Å². The number of carbonyl (C=O) groups excluding carboxylic acids is 3. The van der Waals surface area contributed by atoms with Crippen molar-refractivity contribution in [1.82, 2.24) is 9.88 Å². The van der Waals surface area contributed by atoms with Gasteiger partial charge >= 0.3 is 0 Å². The second-order valence-corrected chi connectivity index (χ2v) is 8.16. The number of carbonyl (C=O) groups is 3. The van der Waals surface area contributed by atoms with E-state index >= 15 is 0 Å². The molecular weight excluding hydrogens is 442 g/mol. The van der Waals surface area contributed by atoms with E-state index in [4.69, 9.17) is 4.74 Å². The minimum atomic E-state index is -0.307. The van der Waals surface area contributed by atoms with Crippen LogP contribution in [-0.2, 0) is 6.54 Å². The molecule has 1 N–H and O–H groups in total. The van der Waals surface area contributed by atoms with Gasteiger partial charge < -0.3 is 10.1 Å². The van der Waals surface area contributed by atoms with E-state index < -0.39 is 0 Å². The molecule has 3 aromatic carbocycles. The van der Waals surface area contributed by atoms with Crippen molar-refractivity contribution in [1.29, 1.82) is 0 Å². The number of anilines is 1. The molecule has 0 saturated heterocycles. The lowest BCUT2D eigenvalue weighted by Crippen LogP contribution is -2.29. The number of hydrogen-bond acceptors (Lipinski definition) is 5. The number of nitrogens with zero attached hydrogens (tertiary/aromatic N) is 2. The maximum absolute atomic E-state index is 12.7. The Balaban J connectivity index is 1.23. The first kappa shape index (κ1) is 22.0. The third-order valence-electron chi connectivity index (χ3n) is 5.73. The van der Waals surface area contributed by atoms with Crippen LogP contribution < -0.4 is 10.1 Å². The van der Waals surface area contributed by atoms with Crippen LogP contribution in [0.15, 0.2) is 91.3 Å². The Morgan fingerprint density at radius 2 is 1.63 bits per heavy atom. The lowest BCUT2D eigenvalue weighted by Gasteiger charge is -2.14. The fourth-order valence-corrected chi connectivity index (χ4v) is 3.91. The molecule has 1 aliphatic heterocycles. The van der Waals surface area contributed by atoms with Crippen LogP contribution in [0.25, 0.3) is 0 Å². The van der Waals surface area contributed by atoms with Crippen molar-refractivity contribution in [3.8, 4) is 11.5 Å². The number of ether oxygens (including phenoxy) is 1. The maximum atomic E-state index is 12.7. The number of pyridine rings is 1. The maximum Gasteiger partial charge on any atom is 0.261 e. The first-order valence-electron chi connectivity index (χ1n) is 11.0. The average molecular weight is 463 g/mol. The normalized spacial score (nSPS) is 12.4. The second-order valence-electron chi connectivity index (χ2n) is 8.16. The molecule has 35 heavy (non-hydrogen) atoms. The van der Waals surface area contributed by atoms with Gasteiger partial charge in [-0.25, -0.2) is 0 Å². The standard InChI is InChI=1S/C28H21N3O4/c1-18-15-21(12-13-25(18)35-22-5-4-14-29-16-22)30-26(32)20-10-8-19(9-11-20)17-31-27(33)23-6-2-3-7-24(23)28(31)34/h2-16H,17H2,1H3,(H,30,32). The van der Waals surface area contributed by atoms with Gasteiger partial charge in [-0.3, -0.25) is 24.3 Å². The number of nitrogens with one attached hydrogen (secondary N) is 1. The Hall–Kier alpha value is -4.78. The molecule has 0 bridgehead atoms. The highest BCUT2D eigenvalue weighted by molar-refractivity contribution is 6.21. The Morgan fingerprint density at radius 1 is 0.914 bits per heavy atom. The minimum absolute atomic E-state index is 0.145. The Kier molecular flexibility index (Phi) is 5.81. The summed E-state index contributed by atoms with van der Waals surface area (Å²) in [6.07, 6.45) is 3.31. The number of hydrogen-bond donors (Lipinski definition) is 1. The highest BCUT2D eigenvalue weighted by Gasteiger charge is 2.34. The fraction of sp³-hybridized carbons (Fsp3) is 0.0714. The SMILES string of the molecule is Cc1cc(NC(=O)c2ccc(CN3C(=O)c4ccccc4C3=O)cc2)ccc1Oc1cccnc1. The van der Waals surface area contributed by atoms with E-state index in [1.54, 1.807) is 79.1 Å². The largest absolute Gasteiger partial charge is 0.455 e. The van der Waals surface area contributed by atoms with Crippen LogP contribution in [0.2, 0.25) is 0 Å². The summed E-state index contributed by atoms with van der Waals surface area (Å²) in [4.78, 5) is 43.1. The van der Waals surface area contributed by atoms with E-state index in [2.05, 4.69) is 10.3 Å². The van der Waals surface area contributed by atoms with Gasteiger partial charge in [0.25, 0.3) is 17.7 Å². The Morgan fingerprint density at radius 3 is 2.26 bits per heavy atom. The zero-order valence-electron chi connectivity index (χ0n) is 18.9. The molecule has 0 spiro atoms. The predicted molar refractivity (Wildman–Crippen MR) is 131 cm³/mol.